The molecule has 0 radical (unpaired) electrons. The SMILES string of the molecule is CN(Cc1c(C(=O)O)sc2cccc(F)c12)CC(F)(F)F. The Balaban J connectivity index is 2.46. The Labute approximate surface area is 121 Å². The minimum absolute atomic E-state index is 0.0763. The first-order chi connectivity index (χ1) is 9.69. The molecule has 0 aliphatic rings. The van der Waals surface area contributed by atoms with E-state index in [4.69, 9.17) is 5.11 Å². The standard InChI is InChI=1S/C13H11F4NO2S/c1-18(6-13(15,16)17)5-7-10-8(14)3-2-4-9(10)21-11(7)12(19)20/h2-4H,5-6H2,1H3,(H,19,20). The van der Waals surface area contributed by atoms with Crippen LogP contribution in [0.4, 0.5) is 17.6 Å². The van der Waals surface area contributed by atoms with Crippen LogP contribution < -0.4 is 0 Å². The van der Waals surface area contributed by atoms with Crippen LogP contribution in [0, 0.1) is 5.82 Å². The molecule has 2 aromatic rings. The van der Waals surface area contributed by atoms with Crippen LogP contribution in [0.25, 0.3) is 10.1 Å². The zero-order valence-corrected chi connectivity index (χ0v) is 11.7. The van der Waals surface area contributed by atoms with Crippen molar-refractivity contribution in [2.75, 3.05) is 13.6 Å². The first kappa shape index (κ1) is 15.7. The molecule has 0 unspecified atom stereocenters. The molecule has 0 amide bonds. The number of hydrogen-bond acceptors (Lipinski definition) is 3. The number of fused-ring (bicyclic) bond motifs is 1. The molecule has 0 saturated heterocycles. The maximum Gasteiger partial charge on any atom is 0.401 e. The molecule has 0 bridgehead atoms. The maximum atomic E-state index is 13.9. The van der Waals surface area contributed by atoms with Crippen LogP contribution in [-0.2, 0) is 6.54 Å². The lowest BCUT2D eigenvalue weighted by Crippen LogP contribution is -2.30. The van der Waals surface area contributed by atoms with Crippen molar-refractivity contribution in [1.82, 2.24) is 4.90 Å². The van der Waals surface area contributed by atoms with Gasteiger partial charge in [0, 0.05) is 22.2 Å². The molecule has 0 spiro atoms. The average Bonchev–Trinajstić information content (AvgIpc) is 2.67. The van der Waals surface area contributed by atoms with Gasteiger partial charge in [-0.1, -0.05) is 6.07 Å². The van der Waals surface area contributed by atoms with E-state index >= 15 is 0 Å². The van der Waals surface area contributed by atoms with Crippen molar-refractivity contribution in [3.63, 3.8) is 0 Å². The Hall–Kier alpha value is -1.67. The summed E-state index contributed by atoms with van der Waals surface area (Å²) >= 11 is 0.859. The number of carboxylic acid groups (broad SMARTS) is 1. The lowest BCUT2D eigenvalue weighted by molar-refractivity contribution is -0.143. The van der Waals surface area contributed by atoms with Crippen molar-refractivity contribution in [1.29, 1.82) is 0 Å². The predicted octanol–water partition coefficient (Wildman–Crippen LogP) is 3.73. The first-order valence-electron chi connectivity index (χ1n) is 5.87. The summed E-state index contributed by atoms with van der Waals surface area (Å²) in [5.41, 5.74) is 0.0763. The van der Waals surface area contributed by atoms with Gasteiger partial charge in [-0.15, -0.1) is 11.3 Å². The van der Waals surface area contributed by atoms with Gasteiger partial charge in [0.15, 0.2) is 0 Å². The third kappa shape index (κ3) is 3.51. The van der Waals surface area contributed by atoms with E-state index in [2.05, 4.69) is 0 Å². The van der Waals surface area contributed by atoms with Gasteiger partial charge in [0.25, 0.3) is 0 Å². The van der Waals surface area contributed by atoms with Crippen molar-refractivity contribution in [2.24, 2.45) is 0 Å². The molecule has 0 aliphatic heterocycles. The smallest absolute Gasteiger partial charge is 0.401 e. The highest BCUT2D eigenvalue weighted by Gasteiger charge is 2.30. The van der Waals surface area contributed by atoms with Gasteiger partial charge in [-0.2, -0.15) is 13.2 Å². The monoisotopic (exact) mass is 321 g/mol. The fourth-order valence-corrected chi connectivity index (χ4v) is 3.19. The molecule has 2 rings (SSSR count). The molecular formula is C13H11F4NO2S. The number of alkyl halides is 3. The lowest BCUT2D eigenvalue weighted by Gasteiger charge is -2.18. The molecule has 1 heterocycles. The van der Waals surface area contributed by atoms with Crippen LogP contribution in [0.1, 0.15) is 15.2 Å². The van der Waals surface area contributed by atoms with Crippen molar-refractivity contribution in [3.8, 4) is 0 Å². The van der Waals surface area contributed by atoms with E-state index < -0.39 is 24.5 Å². The summed E-state index contributed by atoms with van der Waals surface area (Å²) in [7, 11) is 1.21. The highest BCUT2D eigenvalue weighted by Crippen LogP contribution is 2.34. The largest absolute Gasteiger partial charge is 0.477 e. The molecule has 8 heteroatoms. The van der Waals surface area contributed by atoms with Gasteiger partial charge in [-0.3, -0.25) is 4.90 Å². The van der Waals surface area contributed by atoms with Gasteiger partial charge in [0.05, 0.1) is 6.54 Å². The zero-order chi connectivity index (χ0) is 15.8. The topological polar surface area (TPSA) is 40.5 Å². The first-order valence-corrected chi connectivity index (χ1v) is 6.69. The van der Waals surface area contributed by atoms with Gasteiger partial charge >= 0.3 is 12.1 Å². The third-order valence-corrected chi connectivity index (χ3v) is 4.02. The summed E-state index contributed by atoms with van der Waals surface area (Å²) in [6.07, 6.45) is -4.40. The van der Waals surface area contributed by atoms with E-state index in [-0.39, 0.29) is 22.4 Å². The number of hydrogen-bond donors (Lipinski definition) is 1. The van der Waals surface area contributed by atoms with Gasteiger partial charge in [0.2, 0.25) is 0 Å². The zero-order valence-electron chi connectivity index (χ0n) is 10.9. The van der Waals surface area contributed by atoms with Gasteiger partial charge in [0.1, 0.15) is 10.7 Å². The van der Waals surface area contributed by atoms with Crippen molar-refractivity contribution in [2.45, 2.75) is 12.7 Å². The molecule has 3 nitrogen and oxygen atoms in total. The normalized spacial score (nSPS) is 12.3. The average molecular weight is 321 g/mol. The Morgan fingerprint density at radius 1 is 1.38 bits per heavy atom. The van der Waals surface area contributed by atoms with E-state index in [1.807, 2.05) is 0 Å². The molecule has 0 aliphatic carbocycles. The predicted molar refractivity (Wildman–Crippen MR) is 71.1 cm³/mol. The van der Waals surface area contributed by atoms with Crippen LogP contribution in [0.5, 0.6) is 0 Å². The number of carbonyl (C=O) groups is 1. The van der Waals surface area contributed by atoms with Crippen molar-refractivity contribution in [3.05, 3.63) is 34.5 Å². The molecule has 0 atom stereocenters. The Morgan fingerprint density at radius 2 is 2.05 bits per heavy atom. The summed E-state index contributed by atoms with van der Waals surface area (Å²) in [5.74, 6) is -1.90. The van der Waals surface area contributed by atoms with Gasteiger partial charge < -0.3 is 5.11 Å². The number of aromatic carboxylic acids is 1. The molecule has 1 N–H and O–H groups in total. The van der Waals surface area contributed by atoms with Gasteiger partial charge in [-0.05, 0) is 19.2 Å². The van der Waals surface area contributed by atoms with E-state index in [9.17, 15) is 22.4 Å². The number of thiophene rings is 1. The fourth-order valence-electron chi connectivity index (χ4n) is 2.12. The Bertz CT molecular complexity index is 681. The van der Waals surface area contributed by atoms with E-state index in [0.29, 0.717) is 4.70 Å². The van der Waals surface area contributed by atoms with E-state index in [1.165, 1.54) is 13.1 Å². The summed E-state index contributed by atoms with van der Waals surface area (Å²) in [6, 6.07) is 4.14. The molecule has 0 fully saturated rings. The Morgan fingerprint density at radius 3 is 2.62 bits per heavy atom. The molecule has 21 heavy (non-hydrogen) atoms. The van der Waals surface area contributed by atoms with Crippen LogP contribution >= 0.6 is 11.3 Å². The number of rotatable bonds is 4. The molecular weight excluding hydrogens is 310 g/mol. The number of nitrogens with zero attached hydrogens (tertiary/aromatic N) is 1. The van der Waals surface area contributed by atoms with Crippen molar-refractivity contribution < 1.29 is 27.5 Å². The lowest BCUT2D eigenvalue weighted by atomic mass is 10.1. The maximum absolute atomic E-state index is 13.9. The van der Waals surface area contributed by atoms with E-state index in [0.717, 1.165) is 22.3 Å². The number of benzene rings is 1. The molecule has 0 saturated carbocycles. The van der Waals surface area contributed by atoms with Crippen molar-refractivity contribution >= 4 is 27.4 Å². The summed E-state index contributed by atoms with van der Waals surface area (Å²) in [6.45, 7) is -1.49. The van der Waals surface area contributed by atoms with Gasteiger partial charge in [-0.25, -0.2) is 9.18 Å². The molecule has 114 valence electrons. The summed E-state index contributed by atoms with van der Waals surface area (Å²) < 4.78 is 51.4. The molecule has 1 aromatic heterocycles. The minimum Gasteiger partial charge on any atom is -0.477 e. The second-order valence-corrected chi connectivity index (χ2v) is 5.67. The minimum atomic E-state index is -4.40. The quantitative estimate of drug-likeness (QED) is 0.872. The number of carboxylic acids is 1. The number of halogens is 4. The summed E-state index contributed by atoms with van der Waals surface area (Å²) in [4.78, 5) is 12.0. The highest BCUT2D eigenvalue weighted by atomic mass is 32.1. The molecule has 1 aromatic carbocycles. The Kier molecular flexibility index (Phi) is 4.20. The second kappa shape index (κ2) is 5.61. The third-order valence-electron chi connectivity index (χ3n) is 2.83. The van der Waals surface area contributed by atoms with Crippen LogP contribution in [0.3, 0.4) is 0 Å². The van der Waals surface area contributed by atoms with Crippen LogP contribution in [0.15, 0.2) is 18.2 Å². The highest BCUT2D eigenvalue weighted by molar-refractivity contribution is 7.21. The van der Waals surface area contributed by atoms with E-state index in [1.54, 1.807) is 6.07 Å². The van der Waals surface area contributed by atoms with Crippen LogP contribution in [0.2, 0.25) is 0 Å². The fraction of sp³-hybridized carbons (Fsp3) is 0.308. The van der Waals surface area contributed by atoms with Crippen LogP contribution in [-0.4, -0.2) is 35.7 Å². The second-order valence-electron chi connectivity index (χ2n) is 4.62. The summed E-state index contributed by atoms with van der Waals surface area (Å²) in [5, 5.41) is 9.23.